The van der Waals surface area contributed by atoms with Crippen molar-refractivity contribution in [1.82, 2.24) is 9.88 Å². The highest BCUT2D eigenvalue weighted by Crippen LogP contribution is 2.27. The van der Waals surface area contributed by atoms with Crippen molar-refractivity contribution in [2.75, 3.05) is 26.8 Å². The van der Waals surface area contributed by atoms with Crippen molar-refractivity contribution in [2.45, 2.75) is 18.4 Å². The van der Waals surface area contributed by atoms with Crippen molar-refractivity contribution >= 4 is 11.8 Å². The predicted octanol–water partition coefficient (Wildman–Crippen LogP) is 2.63. The highest BCUT2D eigenvalue weighted by Gasteiger charge is 2.43. The van der Waals surface area contributed by atoms with Gasteiger partial charge in [0.15, 0.2) is 5.60 Å². The SMILES string of the molecule is COc1cccc(CC(=O)N2CCO[C@](Cc3cccc(-c4ccncc4)c3)(C(N)=O)C2)c1. The number of aromatic nitrogens is 1. The average Bonchev–Trinajstić information content (AvgIpc) is 2.85. The van der Waals surface area contributed by atoms with Crippen LogP contribution in [0.25, 0.3) is 11.1 Å². The number of pyridine rings is 1. The number of nitrogens with zero attached hydrogens (tertiary/aromatic N) is 2. The number of ether oxygens (including phenoxy) is 2. The summed E-state index contributed by atoms with van der Waals surface area (Å²) in [5, 5.41) is 0. The summed E-state index contributed by atoms with van der Waals surface area (Å²) in [6.07, 6.45) is 3.97. The monoisotopic (exact) mass is 445 g/mol. The van der Waals surface area contributed by atoms with Gasteiger partial charge in [-0.1, -0.05) is 36.4 Å². The zero-order valence-corrected chi connectivity index (χ0v) is 18.6. The number of nitrogens with two attached hydrogens (primary N) is 1. The maximum Gasteiger partial charge on any atom is 0.251 e. The molecule has 1 aromatic heterocycles. The fraction of sp³-hybridized carbons (Fsp3) is 0.269. The van der Waals surface area contributed by atoms with E-state index in [1.807, 2.05) is 60.7 Å². The van der Waals surface area contributed by atoms with E-state index in [-0.39, 0.29) is 31.9 Å². The molecule has 3 aromatic rings. The van der Waals surface area contributed by atoms with Crippen LogP contribution in [0, 0.1) is 0 Å². The fourth-order valence-electron chi connectivity index (χ4n) is 4.14. The van der Waals surface area contributed by atoms with Gasteiger partial charge in [-0.2, -0.15) is 0 Å². The number of carbonyl (C=O) groups excluding carboxylic acids is 2. The Morgan fingerprint density at radius 3 is 2.58 bits per heavy atom. The Hall–Kier alpha value is -3.71. The number of primary amides is 1. The molecule has 2 N–H and O–H groups in total. The van der Waals surface area contributed by atoms with E-state index in [9.17, 15) is 9.59 Å². The molecule has 2 amide bonds. The zero-order chi connectivity index (χ0) is 23.3. The molecule has 1 aliphatic heterocycles. The maximum absolute atomic E-state index is 13.0. The van der Waals surface area contributed by atoms with Gasteiger partial charge in [0.05, 0.1) is 26.7 Å². The lowest BCUT2D eigenvalue weighted by Crippen LogP contribution is -2.61. The van der Waals surface area contributed by atoms with Crippen LogP contribution < -0.4 is 10.5 Å². The molecule has 2 aromatic carbocycles. The van der Waals surface area contributed by atoms with E-state index in [2.05, 4.69) is 4.98 Å². The summed E-state index contributed by atoms with van der Waals surface area (Å²) in [4.78, 5) is 31.3. The van der Waals surface area contributed by atoms with Crippen LogP contribution in [0.15, 0.2) is 73.1 Å². The normalized spacial score (nSPS) is 18.0. The molecular formula is C26H27N3O4. The molecule has 170 valence electrons. The Labute approximate surface area is 193 Å². The number of hydrogen-bond acceptors (Lipinski definition) is 5. The number of hydrogen-bond donors (Lipinski definition) is 1. The van der Waals surface area contributed by atoms with Crippen molar-refractivity contribution in [3.8, 4) is 16.9 Å². The van der Waals surface area contributed by atoms with Gasteiger partial charge in [0.2, 0.25) is 5.91 Å². The molecule has 4 rings (SSSR count). The van der Waals surface area contributed by atoms with Crippen molar-refractivity contribution in [1.29, 1.82) is 0 Å². The van der Waals surface area contributed by atoms with Crippen LogP contribution in [0.3, 0.4) is 0 Å². The molecule has 0 bridgehead atoms. The molecule has 7 nitrogen and oxygen atoms in total. The topological polar surface area (TPSA) is 94.8 Å². The lowest BCUT2D eigenvalue weighted by atomic mass is 9.90. The average molecular weight is 446 g/mol. The smallest absolute Gasteiger partial charge is 0.251 e. The van der Waals surface area contributed by atoms with E-state index in [1.165, 1.54) is 0 Å². The van der Waals surface area contributed by atoms with Gasteiger partial charge < -0.3 is 20.1 Å². The number of benzene rings is 2. The van der Waals surface area contributed by atoms with Crippen LogP contribution in [0.2, 0.25) is 0 Å². The van der Waals surface area contributed by atoms with Crippen molar-refractivity contribution < 1.29 is 19.1 Å². The molecule has 0 saturated carbocycles. The van der Waals surface area contributed by atoms with Crippen LogP contribution in [0.4, 0.5) is 0 Å². The Morgan fingerprint density at radius 1 is 1.06 bits per heavy atom. The Balaban J connectivity index is 1.52. The summed E-state index contributed by atoms with van der Waals surface area (Å²) >= 11 is 0. The first-order chi connectivity index (χ1) is 16.0. The first-order valence-electron chi connectivity index (χ1n) is 10.8. The molecule has 1 atom stereocenters. The number of amides is 2. The third kappa shape index (κ3) is 5.21. The summed E-state index contributed by atoms with van der Waals surface area (Å²) in [5.74, 6) is 0.0428. The lowest BCUT2D eigenvalue weighted by molar-refractivity contribution is -0.163. The second-order valence-corrected chi connectivity index (χ2v) is 8.16. The third-order valence-corrected chi connectivity index (χ3v) is 5.91. The number of morpholine rings is 1. The van der Waals surface area contributed by atoms with Gasteiger partial charge in [-0.3, -0.25) is 14.6 Å². The summed E-state index contributed by atoms with van der Waals surface area (Å²) in [7, 11) is 1.59. The highest BCUT2D eigenvalue weighted by atomic mass is 16.5. The Bertz CT molecular complexity index is 1140. The Morgan fingerprint density at radius 2 is 1.82 bits per heavy atom. The Kier molecular flexibility index (Phi) is 6.70. The van der Waals surface area contributed by atoms with Gasteiger partial charge in [-0.05, 0) is 46.5 Å². The van der Waals surface area contributed by atoms with E-state index >= 15 is 0 Å². The predicted molar refractivity (Wildman–Crippen MR) is 125 cm³/mol. The molecule has 33 heavy (non-hydrogen) atoms. The van der Waals surface area contributed by atoms with E-state index in [1.54, 1.807) is 24.4 Å². The molecule has 2 heterocycles. The van der Waals surface area contributed by atoms with E-state index in [0.717, 1.165) is 22.3 Å². The first-order valence-corrected chi connectivity index (χ1v) is 10.8. The molecule has 0 unspecified atom stereocenters. The van der Waals surface area contributed by atoms with E-state index < -0.39 is 11.5 Å². The number of carbonyl (C=O) groups is 2. The number of methoxy groups -OCH3 is 1. The van der Waals surface area contributed by atoms with Crippen LogP contribution in [-0.2, 0) is 27.2 Å². The maximum atomic E-state index is 13.0. The van der Waals surface area contributed by atoms with Gasteiger partial charge in [0.25, 0.3) is 5.91 Å². The molecule has 1 fully saturated rings. The van der Waals surface area contributed by atoms with Crippen molar-refractivity contribution in [3.05, 3.63) is 84.2 Å². The highest BCUT2D eigenvalue weighted by molar-refractivity contribution is 5.86. The quantitative estimate of drug-likeness (QED) is 0.603. The van der Waals surface area contributed by atoms with Gasteiger partial charge in [0, 0.05) is 25.4 Å². The van der Waals surface area contributed by atoms with Crippen LogP contribution >= 0.6 is 0 Å². The van der Waals surface area contributed by atoms with Crippen LogP contribution in [-0.4, -0.2) is 54.1 Å². The third-order valence-electron chi connectivity index (χ3n) is 5.91. The van der Waals surface area contributed by atoms with Crippen molar-refractivity contribution in [3.63, 3.8) is 0 Å². The molecule has 1 saturated heterocycles. The lowest BCUT2D eigenvalue weighted by Gasteiger charge is -2.41. The molecular weight excluding hydrogens is 418 g/mol. The molecule has 0 spiro atoms. The van der Waals surface area contributed by atoms with Gasteiger partial charge in [-0.15, -0.1) is 0 Å². The molecule has 0 radical (unpaired) electrons. The molecule has 1 aliphatic rings. The van der Waals surface area contributed by atoms with E-state index in [0.29, 0.717) is 12.3 Å². The van der Waals surface area contributed by atoms with E-state index in [4.69, 9.17) is 15.2 Å². The number of rotatable bonds is 7. The standard InChI is InChI=1S/C26H27N3O4/c1-32-23-7-3-4-19(15-23)16-24(30)29-12-13-33-26(18-29,25(27)31)17-20-5-2-6-22(14-20)21-8-10-28-11-9-21/h2-11,14-15H,12-13,16-18H2,1H3,(H2,27,31)/t26-/m0/s1. The zero-order valence-electron chi connectivity index (χ0n) is 18.6. The van der Waals surface area contributed by atoms with Gasteiger partial charge in [0.1, 0.15) is 5.75 Å². The van der Waals surface area contributed by atoms with Crippen LogP contribution in [0.5, 0.6) is 5.75 Å². The summed E-state index contributed by atoms with van der Waals surface area (Å²) in [6.45, 7) is 0.774. The fourth-order valence-corrected chi connectivity index (χ4v) is 4.14. The summed E-state index contributed by atoms with van der Waals surface area (Å²) in [5.41, 5.74) is 8.34. The van der Waals surface area contributed by atoms with Crippen molar-refractivity contribution in [2.24, 2.45) is 5.73 Å². The summed E-state index contributed by atoms with van der Waals surface area (Å²) < 4.78 is 11.2. The molecule has 7 heteroatoms. The van der Waals surface area contributed by atoms with Crippen LogP contribution in [0.1, 0.15) is 11.1 Å². The minimum absolute atomic E-state index is 0.0808. The van der Waals surface area contributed by atoms with Gasteiger partial charge >= 0.3 is 0 Å². The van der Waals surface area contributed by atoms with Gasteiger partial charge in [-0.25, -0.2) is 0 Å². The second-order valence-electron chi connectivity index (χ2n) is 8.16. The minimum Gasteiger partial charge on any atom is -0.497 e. The minimum atomic E-state index is -1.28. The second kappa shape index (κ2) is 9.83. The first kappa shape index (κ1) is 22.5. The molecule has 0 aliphatic carbocycles. The summed E-state index contributed by atoms with van der Waals surface area (Å²) in [6, 6.07) is 19.2. The largest absolute Gasteiger partial charge is 0.497 e.